The van der Waals surface area contributed by atoms with Crippen LogP contribution in [-0.2, 0) is 0 Å². The smallest absolute Gasteiger partial charge is 0.129 e. The van der Waals surface area contributed by atoms with Gasteiger partial charge in [-0.3, -0.25) is 0 Å². The van der Waals surface area contributed by atoms with E-state index in [0.29, 0.717) is 5.02 Å². The highest BCUT2D eigenvalue weighted by Gasteiger charge is 2.33. The third kappa shape index (κ3) is 2.32. The summed E-state index contributed by atoms with van der Waals surface area (Å²) in [6.45, 7) is 1.80. The summed E-state index contributed by atoms with van der Waals surface area (Å²) >= 11 is 6.07. The number of benzene rings is 1. The Morgan fingerprint density at radius 1 is 1.47 bits per heavy atom. The van der Waals surface area contributed by atoms with Gasteiger partial charge >= 0.3 is 0 Å². The summed E-state index contributed by atoms with van der Waals surface area (Å²) in [6.07, 6.45) is 2.32. The minimum Gasteiger partial charge on any atom is -0.391 e. The van der Waals surface area contributed by atoms with Gasteiger partial charge in [0.15, 0.2) is 0 Å². The van der Waals surface area contributed by atoms with Gasteiger partial charge in [-0.25, -0.2) is 4.39 Å². The Balaban J connectivity index is 2.29. The van der Waals surface area contributed by atoms with Gasteiger partial charge < -0.3 is 10.8 Å². The maximum Gasteiger partial charge on any atom is 0.129 e. The predicted octanol–water partition coefficient (Wildman–Crippen LogP) is 2.95. The predicted molar refractivity (Wildman–Crippen MR) is 66.4 cm³/mol. The summed E-state index contributed by atoms with van der Waals surface area (Å²) in [7, 11) is 0. The highest BCUT2D eigenvalue weighted by atomic mass is 35.5. The molecule has 17 heavy (non-hydrogen) atoms. The van der Waals surface area contributed by atoms with E-state index in [2.05, 4.69) is 0 Å². The lowest BCUT2D eigenvalue weighted by Gasteiger charge is -2.34. The van der Waals surface area contributed by atoms with Crippen molar-refractivity contribution in [2.75, 3.05) is 0 Å². The molecule has 0 aromatic heterocycles. The van der Waals surface area contributed by atoms with Crippen molar-refractivity contribution in [3.05, 3.63) is 34.1 Å². The average Bonchev–Trinajstić information content (AvgIpc) is 2.21. The molecule has 4 heteroatoms. The molecule has 0 saturated heterocycles. The van der Waals surface area contributed by atoms with E-state index in [0.717, 1.165) is 24.8 Å². The molecule has 1 aliphatic carbocycles. The Kier molecular flexibility index (Phi) is 3.71. The van der Waals surface area contributed by atoms with Crippen molar-refractivity contribution < 1.29 is 9.50 Å². The van der Waals surface area contributed by atoms with Crippen molar-refractivity contribution in [3.8, 4) is 0 Å². The van der Waals surface area contributed by atoms with Gasteiger partial charge in [-0.2, -0.15) is 0 Å². The fourth-order valence-electron chi connectivity index (χ4n) is 2.23. The van der Waals surface area contributed by atoms with Crippen molar-refractivity contribution in [2.24, 2.45) is 11.7 Å². The average molecular weight is 258 g/mol. The minimum absolute atomic E-state index is 0.181. The lowest BCUT2D eigenvalue weighted by molar-refractivity contribution is 0.0405. The standard InChI is InChI=1S/C13H17ClFNO/c1-7-5-6-9(15)10(11(7)14)12(16)13(17)8-3-2-4-8/h5-6,8,12-13,17H,2-4,16H2,1H3/t12-,13+/m1/s1. The van der Waals surface area contributed by atoms with Crippen molar-refractivity contribution in [1.82, 2.24) is 0 Å². The zero-order valence-electron chi connectivity index (χ0n) is 9.79. The SMILES string of the molecule is Cc1ccc(F)c([C@@H](N)[C@@H](O)C2CCC2)c1Cl. The molecule has 94 valence electrons. The molecule has 1 saturated carbocycles. The van der Waals surface area contributed by atoms with Crippen molar-refractivity contribution in [3.63, 3.8) is 0 Å². The van der Waals surface area contributed by atoms with Crippen LogP contribution in [0.1, 0.15) is 36.4 Å². The van der Waals surface area contributed by atoms with Gasteiger partial charge in [0.1, 0.15) is 5.82 Å². The van der Waals surface area contributed by atoms with Crippen molar-refractivity contribution >= 4 is 11.6 Å². The van der Waals surface area contributed by atoms with E-state index in [1.165, 1.54) is 6.07 Å². The van der Waals surface area contributed by atoms with Crippen LogP contribution in [0.3, 0.4) is 0 Å². The number of hydrogen-bond acceptors (Lipinski definition) is 2. The molecule has 1 fully saturated rings. The number of aliphatic hydroxyl groups excluding tert-OH is 1. The van der Waals surface area contributed by atoms with Crippen LogP contribution in [0.15, 0.2) is 12.1 Å². The first-order valence-electron chi connectivity index (χ1n) is 5.90. The Bertz CT molecular complexity index is 420. The van der Waals surface area contributed by atoms with Crippen molar-refractivity contribution in [2.45, 2.75) is 38.3 Å². The van der Waals surface area contributed by atoms with Crippen LogP contribution in [0.2, 0.25) is 5.02 Å². The van der Waals surface area contributed by atoms with E-state index in [-0.39, 0.29) is 11.5 Å². The van der Waals surface area contributed by atoms with Gasteiger partial charge in [0.25, 0.3) is 0 Å². The van der Waals surface area contributed by atoms with Crippen LogP contribution in [-0.4, -0.2) is 11.2 Å². The first-order chi connectivity index (χ1) is 8.02. The molecule has 0 aliphatic heterocycles. The number of rotatable bonds is 3. The van der Waals surface area contributed by atoms with E-state index in [9.17, 15) is 9.50 Å². The monoisotopic (exact) mass is 257 g/mol. The molecule has 3 N–H and O–H groups in total. The van der Waals surface area contributed by atoms with Crippen LogP contribution in [0, 0.1) is 18.7 Å². The molecular weight excluding hydrogens is 241 g/mol. The molecule has 1 aliphatic rings. The molecular formula is C13H17ClFNO. The first kappa shape index (κ1) is 12.8. The summed E-state index contributed by atoms with van der Waals surface area (Å²) in [6, 6.07) is 2.22. The fraction of sp³-hybridized carbons (Fsp3) is 0.538. The Morgan fingerprint density at radius 3 is 2.65 bits per heavy atom. The lowest BCUT2D eigenvalue weighted by atomic mass is 9.77. The summed E-state index contributed by atoms with van der Waals surface area (Å²) in [5.41, 5.74) is 6.96. The quantitative estimate of drug-likeness (QED) is 0.875. The van der Waals surface area contributed by atoms with Gasteiger partial charge in [0, 0.05) is 5.56 Å². The molecule has 0 heterocycles. The molecule has 2 nitrogen and oxygen atoms in total. The van der Waals surface area contributed by atoms with Crippen LogP contribution in [0.4, 0.5) is 4.39 Å². The van der Waals surface area contributed by atoms with Crippen molar-refractivity contribution in [1.29, 1.82) is 0 Å². The Labute approximate surface area is 106 Å². The third-order valence-corrected chi connectivity index (χ3v) is 4.16. The van der Waals surface area contributed by atoms with E-state index in [1.54, 1.807) is 13.0 Å². The maximum absolute atomic E-state index is 13.8. The third-order valence-electron chi connectivity index (χ3n) is 3.65. The largest absolute Gasteiger partial charge is 0.391 e. The summed E-state index contributed by atoms with van der Waals surface area (Å²) in [4.78, 5) is 0. The molecule has 2 atom stereocenters. The molecule has 0 unspecified atom stereocenters. The van der Waals surface area contributed by atoms with Gasteiger partial charge in [-0.05, 0) is 37.3 Å². The molecule has 1 aromatic carbocycles. The first-order valence-corrected chi connectivity index (χ1v) is 6.28. The van der Waals surface area contributed by atoms with Gasteiger partial charge in [-0.1, -0.05) is 24.1 Å². The highest BCUT2D eigenvalue weighted by Crippen LogP contribution is 2.37. The summed E-state index contributed by atoms with van der Waals surface area (Å²) in [5.74, 6) is -0.257. The molecule has 2 rings (SSSR count). The number of nitrogens with two attached hydrogens (primary N) is 1. The zero-order valence-corrected chi connectivity index (χ0v) is 10.5. The normalized spacial score (nSPS) is 19.8. The zero-order chi connectivity index (χ0) is 12.6. The van der Waals surface area contributed by atoms with Gasteiger partial charge in [0.2, 0.25) is 0 Å². The lowest BCUT2D eigenvalue weighted by Crippen LogP contribution is -2.37. The van der Waals surface area contributed by atoms with Gasteiger partial charge in [0.05, 0.1) is 17.2 Å². The minimum atomic E-state index is -0.743. The summed E-state index contributed by atoms with van der Waals surface area (Å²) < 4.78 is 13.8. The second-order valence-electron chi connectivity index (χ2n) is 4.80. The Morgan fingerprint density at radius 2 is 2.12 bits per heavy atom. The van der Waals surface area contributed by atoms with E-state index < -0.39 is 18.0 Å². The molecule has 0 bridgehead atoms. The molecule has 0 spiro atoms. The number of halogens is 2. The Hall–Kier alpha value is -0.640. The number of aliphatic hydroxyl groups is 1. The van der Waals surface area contributed by atoms with E-state index >= 15 is 0 Å². The van der Waals surface area contributed by atoms with Gasteiger partial charge in [-0.15, -0.1) is 0 Å². The molecule has 1 aromatic rings. The van der Waals surface area contributed by atoms with Crippen LogP contribution in [0.5, 0.6) is 0 Å². The second-order valence-corrected chi connectivity index (χ2v) is 5.18. The fourth-order valence-corrected chi connectivity index (χ4v) is 2.51. The summed E-state index contributed by atoms with van der Waals surface area (Å²) in [5, 5.41) is 10.4. The van der Waals surface area contributed by atoms with E-state index in [4.69, 9.17) is 17.3 Å². The number of aryl methyl sites for hydroxylation is 1. The molecule has 0 amide bonds. The van der Waals surface area contributed by atoms with Crippen LogP contribution >= 0.6 is 11.6 Å². The number of hydrogen-bond donors (Lipinski definition) is 2. The maximum atomic E-state index is 13.8. The van der Waals surface area contributed by atoms with Crippen LogP contribution in [0.25, 0.3) is 0 Å². The topological polar surface area (TPSA) is 46.2 Å². The van der Waals surface area contributed by atoms with E-state index in [1.807, 2.05) is 0 Å². The highest BCUT2D eigenvalue weighted by molar-refractivity contribution is 6.32. The second kappa shape index (κ2) is 4.92. The van der Waals surface area contributed by atoms with Crippen LogP contribution < -0.4 is 5.73 Å². The molecule has 0 radical (unpaired) electrons.